The number of aromatic nitrogens is 1. The van der Waals surface area contributed by atoms with E-state index in [1.165, 1.54) is 26.4 Å². The Morgan fingerprint density at radius 3 is 2.47 bits per heavy atom. The Labute approximate surface area is 114 Å². The number of nitrogen functional groups attached to an aromatic ring is 1. The molecule has 0 radical (unpaired) electrons. The van der Waals surface area contributed by atoms with Crippen molar-refractivity contribution in [2.75, 3.05) is 20.0 Å². The number of halogens is 1. The predicted molar refractivity (Wildman–Crippen MR) is 69.9 cm³/mol. The van der Waals surface area contributed by atoms with Crippen molar-refractivity contribution in [3.8, 4) is 22.8 Å². The van der Waals surface area contributed by atoms with E-state index < -0.39 is 0 Å². The molecular weight excluding hydrogens is 272 g/mol. The lowest BCUT2D eigenvalue weighted by Crippen LogP contribution is -1.98. The van der Waals surface area contributed by atoms with Crippen molar-refractivity contribution < 1.29 is 18.8 Å². The summed E-state index contributed by atoms with van der Waals surface area (Å²) in [7, 11) is 2.87. The van der Waals surface area contributed by atoms with E-state index in [-0.39, 0.29) is 22.2 Å². The van der Waals surface area contributed by atoms with E-state index in [0.717, 1.165) is 0 Å². The molecule has 6 nitrogen and oxygen atoms in total. The van der Waals surface area contributed by atoms with Gasteiger partial charge in [-0.3, -0.25) is 4.79 Å². The van der Waals surface area contributed by atoms with Crippen LogP contribution in [0.2, 0.25) is 5.02 Å². The summed E-state index contributed by atoms with van der Waals surface area (Å²) in [5.74, 6) is 0.718. The first-order chi connectivity index (χ1) is 9.12. The van der Waals surface area contributed by atoms with Gasteiger partial charge in [-0.15, -0.1) is 0 Å². The summed E-state index contributed by atoms with van der Waals surface area (Å²) in [6, 6.07) is 2.97. The average Bonchev–Trinajstić information content (AvgIpc) is 2.83. The first-order valence-electron chi connectivity index (χ1n) is 5.24. The summed E-state index contributed by atoms with van der Waals surface area (Å²) in [5.41, 5.74) is 6.61. The maximum absolute atomic E-state index is 11.0. The zero-order chi connectivity index (χ0) is 14.0. The van der Waals surface area contributed by atoms with Crippen LogP contribution in [-0.2, 0) is 0 Å². The number of aldehydes is 1. The fraction of sp³-hybridized carbons (Fsp3) is 0.167. The molecule has 0 spiro atoms. The SMILES string of the molecule is COc1c(C=O)cc(Cl)c(-c2cc(N)on2)c1OC. The third-order valence-electron chi connectivity index (χ3n) is 2.54. The number of nitrogens with two attached hydrogens (primary N) is 1. The maximum Gasteiger partial charge on any atom is 0.222 e. The number of benzene rings is 1. The Bertz CT molecular complexity index is 624. The van der Waals surface area contributed by atoms with Crippen LogP contribution in [0, 0.1) is 0 Å². The summed E-state index contributed by atoms with van der Waals surface area (Å²) in [5, 5.41) is 4.06. The van der Waals surface area contributed by atoms with E-state index in [9.17, 15) is 4.79 Å². The van der Waals surface area contributed by atoms with Gasteiger partial charge < -0.3 is 19.7 Å². The van der Waals surface area contributed by atoms with E-state index in [4.69, 9.17) is 31.3 Å². The zero-order valence-electron chi connectivity index (χ0n) is 10.3. The Kier molecular flexibility index (Phi) is 3.62. The van der Waals surface area contributed by atoms with Crippen LogP contribution in [0.15, 0.2) is 16.7 Å². The Hall–Kier alpha value is -2.21. The smallest absolute Gasteiger partial charge is 0.222 e. The number of ether oxygens (including phenoxy) is 2. The molecule has 1 heterocycles. The van der Waals surface area contributed by atoms with Gasteiger partial charge in [0.15, 0.2) is 17.8 Å². The molecule has 0 saturated heterocycles. The first kappa shape index (κ1) is 13.2. The summed E-state index contributed by atoms with van der Waals surface area (Å²) < 4.78 is 15.2. The summed E-state index contributed by atoms with van der Waals surface area (Å²) in [4.78, 5) is 11.0. The van der Waals surface area contributed by atoms with Gasteiger partial charge in [0, 0.05) is 6.07 Å². The molecule has 0 aliphatic carbocycles. The van der Waals surface area contributed by atoms with Crippen molar-refractivity contribution in [3.63, 3.8) is 0 Å². The van der Waals surface area contributed by atoms with Crippen LogP contribution in [-0.4, -0.2) is 25.7 Å². The standard InChI is InChI=1S/C12H11ClN2O4/c1-17-11-6(5-16)3-7(13)10(12(11)18-2)8-4-9(14)19-15-8/h3-5H,14H2,1-2H3. The normalized spacial score (nSPS) is 10.3. The minimum Gasteiger partial charge on any atom is -0.492 e. The summed E-state index contributed by atoms with van der Waals surface area (Å²) >= 11 is 6.15. The number of hydrogen-bond donors (Lipinski definition) is 1. The number of methoxy groups -OCH3 is 2. The Morgan fingerprint density at radius 1 is 1.32 bits per heavy atom. The molecule has 0 saturated carbocycles. The van der Waals surface area contributed by atoms with E-state index in [1.54, 1.807) is 0 Å². The van der Waals surface area contributed by atoms with Gasteiger partial charge in [0.2, 0.25) is 5.88 Å². The van der Waals surface area contributed by atoms with E-state index in [2.05, 4.69) is 5.16 Å². The maximum atomic E-state index is 11.0. The van der Waals surface area contributed by atoms with E-state index in [1.807, 2.05) is 0 Å². The lowest BCUT2D eigenvalue weighted by molar-refractivity contribution is 0.112. The molecule has 2 rings (SSSR count). The molecule has 1 aromatic heterocycles. The van der Waals surface area contributed by atoms with Gasteiger partial charge in [0.1, 0.15) is 5.69 Å². The molecule has 7 heteroatoms. The molecule has 2 N–H and O–H groups in total. The third kappa shape index (κ3) is 2.22. The second kappa shape index (κ2) is 5.19. The molecule has 100 valence electrons. The second-order valence-corrected chi connectivity index (χ2v) is 4.03. The Balaban J connectivity index is 2.76. The minimum absolute atomic E-state index is 0.145. The molecular formula is C12H11ClN2O4. The molecule has 0 bridgehead atoms. The zero-order valence-corrected chi connectivity index (χ0v) is 11.0. The molecule has 2 aromatic rings. The molecule has 0 aliphatic heterocycles. The highest BCUT2D eigenvalue weighted by molar-refractivity contribution is 6.34. The quantitative estimate of drug-likeness (QED) is 0.866. The van der Waals surface area contributed by atoms with Gasteiger partial charge in [-0.2, -0.15) is 0 Å². The number of carbonyl (C=O) groups is 1. The van der Waals surface area contributed by atoms with Crippen LogP contribution in [0.4, 0.5) is 5.88 Å². The van der Waals surface area contributed by atoms with Gasteiger partial charge in [-0.25, -0.2) is 0 Å². The molecule has 0 unspecified atom stereocenters. The molecule has 0 fully saturated rings. The van der Waals surface area contributed by atoms with Gasteiger partial charge in [-0.05, 0) is 6.07 Å². The first-order valence-corrected chi connectivity index (χ1v) is 5.62. The van der Waals surface area contributed by atoms with Gasteiger partial charge in [-0.1, -0.05) is 16.8 Å². The lowest BCUT2D eigenvalue weighted by Gasteiger charge is -2.14. The summed E-state index contributed by atoms with van der Waals surface area (Å²) in [6.07, 6.45) is 0.633. The van der Waals surface area contributed by atoms with Crippen LogP contribution in [0.25, 0.3) is 11.3 Å². The number of rotatable bonds is 4. The van der Waals surface area contributed by atoms with Crippen molar-refractivity contribution >= 4 is 23.8 Å². The van der Waals surface area contributed by atoms with Crippen molar-refractivity contribution in [3.05, 3.63) is 22.7 Å². The largest absolute Gasteiger partial charge is 0.492 e. The van der Waals surface area contributed by atoms with Crippen LogP contribution < -0.4 is 15.2 Å². The molecule has 19 heavy (non-hydrogen) atoms. The number of hydrogen-bond acceptors (Lipinski definition) is 6. The monoisotopic (exact) mass is 282 g/mol. The van der Waals surface area contributed by atoms with Crippen molar-refractivity contribution in [2.45, 2.75) is 0 Å². The highest BCUT2D eigenvalue weighted by atomic mass is 35.5. The van der Waals surface area contributed by atoms with Crippen LogP contribution >= 0.6 is 11.6 Å². The van der Waals surface area contributed by atoms with E-state index >= 15 is 0 Å². The summed E-state index contributed by atoms with van der Waals surface area (Å²) in [6.45, 7) is 0. The highest BCUT2D eigenvalue weighted by Gasteiger charge is 2.22. The second-order valence-electron chi connectivity index (χ2n) is 3.62. The number of carbonyl (C=O) groups excluding carboxylic acids is 1. The van der Waals surface area contributed by atoms with E-state index in [0.29, 0.717) is 23.3 Å². The van der Waals surface area contributed by atoms with Crippen LogP contribution in [0.5, 0.6) is 11.5 Å². The van der Waals surface area contributed by atoms with Gasteiger partial charge in [0.05, 0.1) is 30.4 Å². The van der Waals surface area contributed by atoms with Crippen molar-refractivity contribution in [2.24, 2.45) is 0 Å². The fourth-order valence-corrected chi connectivity index (χ4v) is 2.07. The van der Waals surface area contributed by atoms with Crippen LogP contribution in [0.3, 0.4) is 0 Å². The Morgan fingerprint density at radius 2 is 2.00 bits per heavy atom. The molecule has 1 aromatic carbocycles. The van der Waals surface area contributed by atoms with Crippen molar-refractivity contribution in [1.82, 2.24) is 5.16 Å². The van der Waals surface area contributed by atoms with Gasteiger partial charge >= 0.3 is 0 Å². The minimum atomic E-state index is 0.145. The fourth-order valence-electron chi connectivity index (χ4n) is 1.77. The van der Waals surface area contributed by atoms with Crippen LogP contribution in [0.1, 0.15) is 10.4 Å². The molecule has 0 atom stereocenters. The third-order valence-corrected chi connectivity index (χ3v) is 2.83. The van der Waals surface area contributed by atoms with Crippen molar-refractivity contribution in [1.29, 1.82) is 0 Å². The predicted octanol–water partition coefficient (Wildman–Crippen LogP) is 2.41. The number of nitrogens with zero attached hydrogens (tertiary/aromatic N) is 1. The topological polar surface area (TPSA) is 87.6 Å². The highest BCUT2D eigenvalue weighted by Crippen LogP contribution is 2.44. The molecule has 0 aliphatic rings. The molecule has 0 amide bonds. The number of anilines is 1. The average molecular weight is 283 g/mol. The van der Waals surface area contributed by atoms with Gasteiger partial charge in [0.25, 0.3) is 0 Å². The lowest BCUT2D eigenvalue weighted by atomic mass is 10.1.